The van der Waals surface area contributed by atoms with E-state index in [0.717, 1.165) is 17.7 Å². The Kier molecular flexibility index (Phi) is 6.20. The first kappa shape index (κ1) is 17.5. The monoisotopic (exact) mass is 303 g/mol. The average molecular weight is 303 g/mol. The molecule has 0 saturated carbocycles. The van der Waals surface area contributed by atoms with Crippen LogP contribution in [0.5, 0.6) is 0 Å². The van der Waals surface area contributed by atoms with Crippen LogP contribution in [-0.4, -0.2) is 17.6 Å². The Morgan fingerprint density at radius 2 is 1.81 bits per heavy atom. The molecule has 2 atom stereocenters. The van der Waals surface area contributed by atoms with Gasteiger partial charge in [-0.15, -0.1) is 0 Å². The van der Waals surface area contributed by atoms with Gasteiger partial charge in [0.25, 0.3) is 0 Å². The summed E-state index contributed by atoms with van der Waals surface area (Å²) in [7, 11) is 0. The summed E-state index contributed by atoms with van der Waals surface area (Å²) < 4.78 is 37.3. The van der Waals surface area contributed by atoms with Crippen molar-refractivity contribution < 1.29 is 23.1 Å². The fraction of sp³-hybridized carbons (Fsp3) is 0.533. The van der Waals surface area contributed by atoms with Crippen LogP contribution in [0, 0.1) is 11.8 Å². The lowest BCUT2D eigenvalue weighted by Gasteiger charge is -2.15. The van der Waals surface area contributed by atoms with E-state index < -0.39 is 23.6 Å². The predicted molar refractivity (Wildman–Crippen MR) is 73.7 cm³/mol. The second kappa shape index (κ2) is 7.45. The number of nitrogens with two attached hydrogens (primary N) is 1. The summed E-state index contributed by atoms with van der Waals surface area (Å²) in [6.07, 6.45) is -2.54. The molecule has 1 aromatic carbocycles. The van der Waals surface area contributed by atoms with Gasteiger partial charge in [0.05, 0.1) is 11.5 Å². The van der Waals surface area contributed by atoms with E-state index in [-0.39, 0.29) is 12.5 Å². The van der Waals surface area contributed by atoms with Gasteiger partial charge in [-0.2, -0.15) is 13.2 Å². The zero-order valence-corrected chi connectivity index (χ0v) is 11.9. The van der Waals surface area contributed by atoms with Crippen molar-refractivity contribution in [3.63, 3.8) is 0 Å². The SMILES string of the molecule is CC(CCC(CN)C(=O)O)Cc1ccc(C(F)(F)F)cc1. The number of aliphatic carboxylic acids is 1. The van der Waals surface area contributed by atoms with E-state index >= 15 is 0 Å². The normalized spacial score (nSPS) is 14.7. The highest BCUT2D eigenvalue weighted by Gasteiger charge is 2.29. The van der Waals surface area contributed by atoms with Gasteiger partial charge >= 0.3 is 12.1 Å². The quantitative estimate of drug-likeness (QED) is 0.812. The summed E-state index contributed by atoms with van der Waals surface area (Å²) in [5.74, 6) is -1.27. The summed E-state index contributed by atoms with van der Waals surface area (Å²) in [6, 6.07) is 5.08. The average Bonchev–Trinajstić information content (AvgIpc) is 2.38. The second-order valence-electron chi connectivity index (χ2n) is 5.35. The maximum atomic E-state index is 12.4. The fourth-order valence-electron chi connectivity index (χ4n) is 2.16. The van der Waals surface area contributed by atoms with Crippen LogP contribution in [-0.2, 0) is 17.4 Å². The van der Waals surface area contributed by atoms with Crippen molar-refractivity contribution in [3.05, 3.63) is 35.4 Å². The molecule has 0 radical (unpaired) electrons. The number of hydrogen-bond acceptors (Lipinski definition) is 2. The molecule has 0 bridgehead atoms. The Morgan fingerprint density at radius 1 is 1.24 bits per heavy atom. The number of halogens is 3. The molecule has 0 spiro atoms. The Balaban J connectivity index is 2.51. The molecule has 3 N–H and O–H groups in total. The molecular formula is C15H20F3NO2. The first-order chi connectivity index (χ1) is 9.74. The molecule has 0 fully saturated rings. The van der Waals surface area contributed by atoms with Crippen molar-refractivity contribution in [1.82, 2.24) is 0 Å². The Hall–Kier alpha value is -1.56. The lowest BCUT2D eigenvalue weighted by atomic mass is 9.92. The molecule has 6 heteroatoms. The Labute approximate surface area is 122 Å². The largest absolute Gasteiger partial charge is 0.481 e. The maximum absolute atomic E-state index is 12.4. The highest BCUT2D eigenvalue weighted by atomic mass is 19.4. The topological polar surface area (TPSA) is 63.3 Å². The zero-order valence-electron chi connectivity index (χ0n) is 11.9. The molecule has 118 valence electrons. The summed E-state index contributed by atoms with van der Waals surface area (Å²) in [6.45, 7) is 2.05. The van der Waals surface area contributed by atoms with Crippen molar-refractivity contribution in [2.24, 2.45) is 17.6 Å². The maximum Gasteiger partial charge on any atom is 0.416 e. The molecule has 3 nitrogen and oxygen atoms in total. The van der Waals surface area contributed by atoms with E-state index in [9.17, 15) is 18.0 Å². The molecule has 0 saturated heterocycles. The molecule has 0 amide bonds. The second-order valence-corrected chi connectivity index (χ2v) is 5.35. The van der Waals surface area contributed by atoms with Crippen LogP contribution in [0.3, 0.4) is 0 Å². The summed E-state index contributed by atoms with van der Waals surface area (Å²) in [5, 5.41) is 8.90. The van der Waals surface area contributed by atoms with Crippen molar-refractivity contribution >= 4 is 5.97 Å². The van der Waals surface area contributed by atoms with E-state index in [4.69, 9.17) is 10.8 Å². The van der Waals surface area contributed by atoms with Crippen molar-refractivity contribution in [3.8, 4) is 0 Å². The summed E-state index contributed by atoms with van der Waals surface area (Å²) >= 11 is 0. The van der Waals surface area contributed by atoms with E-state index in [0.29, 0.717) is 19.3 Å². The lowest BCUT2D eigenvalue weighted by Crippen LogP contribution is -2.23. The van der Waals surface area contributed by atoms with E-state index in [1.165, 1.54) is 12.1 Å². The number of alkyl halides is 3. The van der Waals surface area contributed by atoms with Gasteiger partial charge in [-0.3, -0.25) is 4.79 Å². The van der Waals surface area contributed by atoms with Gasteiger partial charge in [0, 0.05) is 6.54 Å². The number of carbonyl (C=O) groups is 1. The number of carboxylic acid groups (broad SMARTS) is 1. The van der Waals surface area contributed by atoms with Gasteiger partial charge < -0.3 is 10.8 Å². The van der Waals surface area contributed by atoms with Crippen LogP contribution in [0.25, 0.3) is 0 Å². The molecule has 0 aliphatic carbocycles. The minimum absolute atomic E-state index is 0.0995. The number of benzene rings is 1. The van der Waals surface area contributed by atoms with E-state index in [1.54, 1.807) is 0 Å². The summed E-state index contributed by atoms with van der Waals surface area (Å²) in [5.41, 5.74) is 5.54. The standard InChI is InChI=1S/C15H20F3NO2/c1-10(2-5-12(9-19)14(20)21)8-11-3-6-13(7-4-11)15(16,17)18/h3-4,6-7,10,12H,2,5,8-9,19H2,1H3,(H,20,21). The Bertz CT molecular complexity index is 457. The van der Waals surface area contributed by atoms with Crippen molar-refractivity contribution in [1.29, 1.82) is 0 Å². The Morgan fingerprint density at radius 3 is 2.24 bits per heavy atom. The van der Waals surface area contributed by atoms with Gasteiger partial charge in [0.2, 0.25) is 0 Å². The molecule has 1 aromatic rings. The van der Waals surface area contributed by atoms with E-state index in [2.05, 4.69) is 0 Å². The number of rotatable bonds is 7. The van der Waals surface area contributed by atoms with Gasteiger partial charge in [-0.05, 0) is 42.9 Å². The summed E-state index contributed by atoms with van der Waals surface area (Å²) in [4.78, 5) is 10.8. The molecule has 2 unspecified atom stereocenters. The zero-order chi connectivity index (χ0) is 16.0. The van der Waals surface area contributed by atoms with Gasteiger partial charge in [0.1, 0.15) is 0 Å². The highest BCUT2D eigenvalue weighted by molar-refractivity contribution is 5.70. The fourth-order valence-corrected chi connectivity index (χ4v) is 2.16. The van der Waals surface area contributed by atoms with Crippen LogP contribution < -0.4 is 5.73 Å². The van der Waals surface area contributed by atoms with Gasteiger partial charge in [-0.1, -0.05) is 19.1 Å². The van der Waals surface area contributed by atoms with Crippen molar-refractivity contribution in [2.45, 2.75) is 32.4 Å². The molecule has 1 rings (SSSR count). The van der Waals surface area contributed by atoms with Crippen LogP contribution in [0.4, 0.5) is 13.2 Å². The van der Waals surface area contributed by atoms with Crippen LogP contribution in [0.1, 0.15) is 30.9 Å². The van der Waals surface area contributed by atoms with Gasteiger partial charge in [0.15, 0.2) is 0 Å². The minimum Gasteiger partial charge on any atom is -0.481 e. The molecule has 0 aromatic heterocycles. The predicted octanol–water partition coefficient (Wildman–Crippen LogP) is 3.32. The third-order valence-corrected chi connectivity index (χ3v) is 3.51. The van der Waals surface area contributed by atoms with Crippen LogP contribution in [0.15, 0.2) is 24.3 Å². The molecule has 21 heavy (non-hydrogen) atoms. The van der Waals surface area contributed by atoms with Gasteiger partial charge in [-0.25, -0.2) is 0 Å². The third-order valence-electron chi connectivity index (χ3n) is 3.51. The lowest BCUT2D eigenvalue weighted by molar-refractivity contribution is -0.141. The number of hydrogen-bond donors (Lipinski definition) is 2. The number of carboxylic acids is 1. The van der Waals surface area contributed by atoms with Crippen molar-refractivity contribution in [2.75, 3.05) is 6.54 Å². The first-order valence-corrected chi connectivity index (χ1v) is 6.83. The smallest absolute Gasteiger partial charge is 0.416 e. The molecular weight excluding hydrogens is 283 g/mol. The highest BCUT2D eigenvalue weighted by Crippen LogP contribution is 2.29. The molecule has 0 heterocycles. The molecule has 0 aliphatic rings. The first-order valence-electron chi connectivity index (χ1n) is 6.83. The van der Waals surface area contributed by atoms with Crippen LogP contribution >= 0.6 is 0 Å². The van der Waals surface area contributed by atoms with Crippen LogP contribution in [0.2, 0.25) is 0 Å². The minimum atomic E-state index is -4.32. The van der Waals surface area contributed by atoms with E-state index in [1.807, 2.05) is 6.92 Å². The molecule has 0 aliphatic heterocycles. The third kappa shape index (κ3) is 5.75.